The lowest BCUT2D eigenvalue weighted by atomic mass is 10.2. The molecule has 0 saturated carbocycles. The lowest BCUT2D eigenvalue weighted by molar-refractivity contribution is -0.113. The van der Waals surface area contributed by atoms with Gasteiger partial charge in [-0.05, 0) is 30.3 Å². The number of amides is 1. The first-order valence-corrected chi connectivity index (χ1v) is 9.62. The highest BCUT2D eigenvalue weighted by Crippen LogP contribution is 2.32. The molecule has 0 atom stereocenters. The van der Waals surface area contributed by atoms with Gasteiger partial charge < -0.3 is 5.32 Å². The van der Waals surface area contributed by atoms with E-state index in [9.17, 15) is 4.79 Å². The minimum atomic E-state index is -0.0908. The van der Waals surface area contributed by atoms with Crippen molar-refractivity contribution in [2.75, 3.05) is 11.1 Å². The molecule has 0 fully saturated rings. The summed E-state index contributed by atoms with van der Waals surface area (Å²) in [4.78, 5) is 17.5. The summed E-state index contributed by atoms with van der Waals surface area (Å²) in [6.07, 6.45) is 0. The predicted octanol–water partition coefficient (Wildman–Crippen LogP) is 5.85. The third kappa shape index (κ3) is 4.51. The van der Waals surface area contributed by atoms with E-state index < -0.39 is 0 Å². The number of hydrogen-bond acceptors (Lipinski definition) is 4. The molecule has 0 spiro atoms. The smallest absolute Gasteiger partial charge is 0.236 e. The van der Waals surface area contributed by atoms with Gasteiger partial charge in [0.25, 0.3) is 0 Å². The Morgan fingerprint density at radius 1 is 1.17 bits per heavy atom. The lowest BCUT2D eigenvalue weighted by Crippen LogP contribution is -2.13. The van der Waals surface area contributed by atoms with Crippen molar-refractivity contribution in [1.29, 1.82) is 0 Å². The summed E-state index contributed by atoms with van der Waals surface area (Å²) in [5.74, 6) is 0.243. The molecule has 1 aromatic heterocycles. The van der Waals surface area contributed by atoms with Gasteiger partial charge in [-0.15, -0.1) is 23.1 Å². The van der Waals surface area contributed by atoms with Crippen molar-refractivity contribution < 1.29 is 4.79 Å². The molecule has 2 aromatic carbocycles. The van der Waals surface area contributed by atoms with Crippen LogP contribution in [0.5, 0.6) is 0 Å². The second-order valence-electron chi connectivity index (χ2n) is 4.81. The molecule has 7 heteroatoms. The van der Waals surface area contributed by atoms with E-state index in [-0.39, 0.29) is 5.91 Å². The Balaban J connectivity index is 1.62. The number of carbonyl (C=O) groups excluding carboxylic acids is 1. The number of anilines is 1. The predicted molar refractivity (Wildman–Crippen MR) is 103 cm³/mol. The van der Waals surface area contributed by atoms with Crippen LogP contribution in [-0.4, -0.2) is 16.6 Å². The summed E-state index contributed by atoms with van der Waals surface area (Å²) in [5, 5.41) is 6.33. The Bertz CT molecular complexity index is 853. The van der Waals surface area contributed by atoms with Gasteiger partial charge in [0.1, 0.15) is 0 Å². The van der Waals surface area contributed by atoms with Gasteiger partial charge in [-0.25, -0.2) is 4.98 Å². The highest BCUT2D eigenvalue weighted by atomic mass is 35.5. The number of thiazole rings is 1. The molecular formula is C17H12Cl2N2OS2. The summed E-state index contributed by atoms with van der Waals surface area (Å²) in [6, 6.07) is 15.0. The normalized spacial score (nSPS) is 10.6. The number of aromatic nitrogens is 1. The molecule has 1 heterocycles. The van der Waals surface area contributed by atoms with Crippen LogP contribution < -0.4 is 5.32 Å². The van der Waals surface area contributed by atoms with E-state index in [1.54, 1.807) is 12.1 Å². The number of nitrogens with one attached hydrogen (secondary N) is 1. The van der Waals surface area contributed by atoms with Gasteiger partial charge in [0.05, 0.1) is 16.5 Å². The van der Waals surface area contributed by atoms with Gasteiger partial charge in [0.2, 0.25) is 5.91 Å². The molecule has 0 saturated heterocycles. The molecule has 3 aromatic rings. The summed E-state index contributed by atoms with van der Waals surface area (Å²) < 4.78 is 0. The van der Waals surface area contributed by atoms with E-state index >= 15 is 0 Å². The average molecular weight is 395 g/mol. The molecule has 0 radical (unpaired) electrons. The third-order valence-corrected chi connectivity index (χ3v) is 5.39. The van der Waals surface area contributed by atoms with Crippen molar-refractivity contribution in [3.63, 3.8) is 0 Å². The molecule has 122 valence electrons. The molecule has 0 aliphatic carbocycles. The number of carbonyl (C=O) groups is 1. The zero-order valence-corrected chi connectivity index (χ0v) is 15.5. The van der Waals surface area contributed by atoms with E-state index in [4.69, 9.17) is 23.2 Å². The number of halogens is 2. The first kappa shape index (κ1) is 17.3. The zero-order valence-electron chi connectivity index (χ0n) is 12.3. The quantitative estimate of drug-likeness (QED) is 0.551. The Morgan fingerprint density at radius 3 is 2.71 bits per heavy atom. The van der Waals surface area contributed by atoms with Crippen molar-refractivity contribution in [1.82, 2.24) is 4.98 Å². The van der Waals surface area contributed by atoms with Crippen LogP contribution in [0.4, 0.5) is 5.13 Å². The molecule has 0 aliphatic heterocycles. The standard InChI is InChI=1S/C17H12Cl2N2OS2/c18-11-6-7-13(14(19)8-11)15-9-24-17(20-15)21-16(22)10-23-12-4-2-1-3-5-12/h1-9H,10H2,(H,20,21,22). The van der Waals surface area contributed by atoms with Crippen LogP contribution in [0.1, 0.15) is 0 Å². The minimum Gasteiger partial charge on any atom is -0.301 e. The Labute approximate surface area is 158 Å². The molecule has 3 nitrogen and oxygen atoms in total. The largest absolute Gasteiger partial charge is 0.301 e. The average Bonchev–Trinajstić information content (AvgIpc) is 3.02. The van der Waals surface area contributed by atoms with E-state index in [0.29, 0.717) is 26.6 Å². The summed E-state index contributed by atoms with van der Waals surface area (Å²) in [7, 11) is 0. The summed E-state index contributed by atoms with van der Waals surface area (Å²) in [6.45, 7) is 0. The highest BCUT2D eigenvalue weighted by Gasteiger charge is 2.11. The molecule has 1 N–H and O–H groups in total. The number of thioether (sulfide) groups is 1. The van der Waals surface area contributed by atoms with Gasteiger partial charge in [0.15, 0.2) is 5.13 Å². The summed E-state index contributed by atoms with van der Waals surface area (Å²) >= 11 is 14.9. The molecular weight excluding hydrogens is 383 g/mol. The molecule has 24 heavy (non-hydrogen) atoms. The van der Waals surface area contributed by atoms with Crippen molar-refractivity contribution in [2.45, 2.75) is 4.90 Å². The van der Waals surface area contributed by atoms with Gasteiger partial charge in [-0.2, -0.15) is 0 Å². The fourth-order valence-electron chi connectivity index (χ4n) is 1.97. The Morgan fingerprint density at radius 2 is 1.96 bits per heavy atom. The van der Waals surface area contributed by atoms with Crippen LogP contribution in [0.3, 0.4) is 0 Å². The van der Waals surface area contributed by atoms with E-state index in [0.717, 1.165) is 10.5 Å². The first-order valence-electron chi connectivity index (χ1n) is 7.00. The number of rotatable bonds is 5. The van der Waals surface area contributed by atoms with Crippen LogP contribution in [0.25, 0.3) is 11.3 Å². The van der Waals surface area contributed by atoms with E-state index in [2.05, 4.69) is 10.3 Å². The van der Waals surface area contributed by atoms with E-state index in [1.165, 1.54) is 23.1 Å². The monoisotopic (exact) mass is 394 g/mol. The molecule has 0 aliphatic rings. The number of nitrogens with zero attached hydrogens (tertiary/aromatic N) is 1. The minimum absolute atomic E-state index is 0.0908. The fourth-order valence-corrected chi connectivity index (χ4v) is 3.92. The maximum atomic E-state index is 12.0. The lowest BCUT2D eigenvalue weighted by Gasteiger charge is -2.02. The first-order chi connectivity index (χ1) is 11.6. The second kappa shape index (κ2) is 8.03. The summed E-state index contributed by atoms with van der Waals surface area (Å²) in [5.41, 5.74) is 1.50. The SMILES string of the molecule is O=C(CSc1ccccc1)Nc1nc(-c2ccc(Cl)cc2Cl)cs1. The topological polar surface area (TPSA) is 42.0 Å². The van der Waals surface area contributed by atoms with Crippen molar-refractivity contribution in [2.24, 2.45) is 0 Å². The van der Waals surface area contributed by atoms with Crippen molar-refractivity contribution in [3.05, 3.63) is 64.0 Å². The Kier molecular flexibility index (Phi) is 5.79. The van der Waals surface area contributed by atoms with Gasteiger partial charge in [0, 0.05) is 20.9 Å². The number of benzene rings is 2. The zero-order chi connectivity index (χ0) is 16.9. The third-order valence-electron chi connectivity index (χ3n) is 3.07. The van der Waals surface area contributed by atoms with Crippen LogP contribution in [-0.2, 0) is 4.79 Å². The molecule has 1 amide bonds. The van der Waals surface area contributed by atoms with Crippen LogP contribution in [0, 0.1) is 0 Å². The molecule has 3 rings (SSSR count). The Hall–Kier alpha value is -1.53. The van der Waals surface area contributed by atoms with Gasteiger partial charge in [-0.3, -0.25) is 4.79 Å². The molecule has 0 bridgehead atoms. The van der Waals surface area contributed by atoms with Crippen LogP contribution in [0.2, 0.25) is 10.0 Å². The van der Waals surface area contributed by atoms with Gasteiger partial charge >= 0.3 is 0 Å². The van der Waals surface area contributed by atoms with Crippen LogP contribution >= 0.6 is 46.3 Å². The number of hydrogen-bond donors (Lipinski definition) is 1. The maximum Gasteiger partial charge on any atom is 0.236 e. The van der Waals surface area contributed by atoms with Crippen molar-refractivity contribution in [3.8, 4) is 11.3 Å². The van der Waals surface area contributed by atoms with Gasteiger partial charge in [-0.1, -0.05) is 41.4 Å². The highest BCUT2D eigenvalue weighted by molar-refractivity contribution is 8.00. The van der Waals surface area contributed by atoms with Crippen molar-refractivity contribution >= 4 is 57.3 Å². The molecule has 0 unspecified atom stereocenters. The van der Waals surface area contributed by atoms with Crippen LogP contribution in [0.15, 0.2) is 58.8 Å². The maximum absolute atomic E-state index is 12.0. The fraction of sp³-hybridized carbons (Fsp3) is 0.0588. The van der Waals surface area contributed by atoms with E-state index in [1.807, 2.05) is 41.8 Å². The second-order valence-corrected chi connectivity index (χ2v) is 7.56.